The Morgan fingerprint density at radius 1 is 1.48 bits per heavy atom. The van der Waals surface area contributed by atoms with Crippen molar-refractivity contribution in [3.63, 3.8) is 0 Å². The molecule has 136 valence electrons. The lowest BCUT2D eigenvalue weighted by Gasteiger charge is -2.31. The molecule has 3 heterocycles. The fraction of sp³-hybridized carbons (Fsp3) is 0.556. The first-order valence-corrected chi connectivity index (χ1v) is 10.4. The maximum Gasteiger partial charge on any atom is 0.229 e. The predicted octanol–water partition coefficient (Wildman–Crippen LogP) is 3.20. The third-order valence-corrected chi connectivity index (χ3v) is 6.50. The molecule has 7 heteroatoms. The van der Waals surface area contributed by atoms with Crippen molar-refractivity contribution in [2.75, 3.05) is 19.7 Å². The normalized spacial score (nSPS) is 17.8. The summed E-state index contributed by atoms with van der Waals surface area (Å²) in [5, 5.41) is 12.8. The van der Waals surface area contributed by atoms with Crippen LogP contribution in [0.4, 0.5) is 0 Å². The number of aryl methyl sites for hydroxylation is 1. The van der Waals surface area contributed by atoms with Crippen LogP contribution in [-0.4, -0.2) is 51.7 Å². The zero-order valence-electron chi connectivity index (χ0n) is 14.8. The molecule has 1 aromatic heterocycles. The summed E-state index contributed by atoms with van der Waals surface area (Å²) in [7, 11) is 0. The number of fused-ring (bicyclic) bond motifs is 1. The number of amides is 1. The molecule has 0 radical (unpaired) electrons. The first-order chi connectivity index (χ1) is 12.1. The van der Waals surface area contributed by atoms with Gasteiger partial charge in [0.15, 0.2) is 5.17 Å². The van der Waals surface area contributed by atoms with Gasteiger partial charge in [0.05, 0.1) is 25.6 Å². The Kier molecular flexibility index (Phi) is 6.19. The second kappa shape index (κ2) is 8.38. The topological polar surface area (TPSA) is 56.1 Å². The Hall–Kier alpha value is -1.31. The number of amidine groups is 1. The highest BCUT2D eigenvalue weighted by molar-refractivity contribution is 8.16. The molecular weight excluding hydrogens is 354 g/mol. The standard InChI is InChI=1S/C18H25N3O2S2/c1-3-14(11-22)21(10-16-6-5-13(2)25-16)17(23)9-15-12-24-18-19-7-4-8-20(15)18/h5-6,12,14,22H,3-4,7-11H2,1-2H3/t14-/m0/s1. The van der Waals surface area contributed by atoms with E-state index in [-0.39, 0.29) is 18.6 Å². The van der Waals surface area contributed by atoms with Crippen molar-refractivity contribution in [2.45, 2.75) is 45.7 Å². The van der Waals surface area contributed by atoms with Crippen LogP contribution in [0.25, 0.3) is 0 Å². The van der Waals surface area contributed by atoms with Gasteiger partial charge in [-0.25, -0.2) is 0 Å². The Morgan fingerprint density at radius 3 is 3.00 bits per heavy atom. The summed E-state index contributed by atoms with van der Waals surface area (Å²) in [4.78, 5) is 24.0. The zero-order chi connectivity index (χ0) is 17.8. The smallest absolute Gasteiger partial charge is 0.229 e. The van der Waals surface area contributed by atoms with Crippen LogP contribution in [0.5, 0.6) is 0 Å². The number of aliphatic imine (C=N–C) groups is 1. The molecule has 25 heavy (non-hydrogen) atoms. The Morgan fingerprint density at radius 2 is 2.32 bits per heavy atom. The van der Waals surface area contributed by atoms with Crippen LogP contribution in [0, 0.1) is 6.92 Å². The average Bonchev–Trinajstić information content (AvgIpc) is 3.21. The van der Waals surface area contributed by atoms with Gasteiger partial charge < -0.3 is 14.9 Å². The Balaban J connectivity index is 1.72. The zero-order valence-corrected chi connectivity index (χ0v) is 16.4. The maximum absolute atomic E-state index is 13.0. The van der Waals surface area contributed by atoms with E-state index in [1.54, 1.807) is 23.1 Å². The summed E-state index contributed by atoms with van der Waals surface area (Å²) in [5.74, 6) is 0.0747. The summed E-state index contributed by atoms with van der Waals surface area (Å²) < 4.78 is 0. The van der Waals surface area contributed by atoms with Crippen molar-refractivity contribution in [2.24, 2.45) is 4.99 Å². The molecule has 1 amide bonds. The van der Waals surface area contributed by atoms with Gasteiger partial charge in [0, 0.05) is 28.5 Å². The minimum absolute atomic E-state index is 0.00316. The van der Waals surface area contributed by atoms with Gasteiger partial charge in [0.1, 0.15) is 0 Å². The van der Waals surface area contributed by atoms with Gasteiger partial charge in [-0.15, -0.1) is 11.3 Å². The van der Waals surface area contributed by atoms with Crippen LogP contribution in [0.1, 0.15) is 35.9 Å². The van der Waals surface area contributed by atoms with E-state index < -0.39 is 0 Å². The van der Waals surface area contributed by atoms with Crippen LogP contribution in [-0.2, 0) is 11.3 Å². The number of carbonyl (C=O) groups excluding carboxylic acids is 1. The van der Waals surface area contributed by atoms with Crippen LogP contribution < -0.4 is 0 Å². The van der Waals surface area contributed by atoms with Gasteiger partial charge in [-0.1, -0.05) is 18.7 Å². The van der Waals surface area contributed by atoms with Crippen LogP contribution in [0.15, 0.2) is 28.2 Å². The van der Waals surface area contributed by atoms with E-state index in [9.17, 15) is 9.90 Å². The number of carbonyl (C=O) groups is 1. The molecule has 2 aliphatic heterocycles. The van der Waals surface area contributed by atoms with Crippen molar-refractivity contribution >= 4 is 34.2 Å². The van der Waals surface area contributed by atoms with Crippen LogP contribution in [0.2, 0.25) is 0 Å². The van der Waals surface area contributed by atoms with Gasteiger partial charge in [0.2, 0.25) is 5.91 Å². The van der Waals surface area contributed by atoms with E-state index >= 15 is 0 Å². The summed E-state index contributed by atoms with van der Waals surface area (Å²) in [6.45, 7) is 6.46. The van der Waals surface area contributed by atoms with Gasteiger partial charge in [-0.05, 0) is 37.3 Å². The molecule has 0 bridgehead atoms. The van der Waals surface area contributed by atoms with Crippen molar-refractivity contribution in [3.05, 3.63) is 33.0 Å². The number of nitrogens with zero attached hydrogens (tertiary/aromatic N) is 3. The van der Waals surface area contributed by atoms with Crippen LogP contribution >= 0.6 is 23.1 Å². The summed E-state index contributed by atoms with van der Waals surface area (Å²) in [6.07, 6.45) is 2.14. The number of thioether (sulfide) groups is 1. The van der Waals surface area contributed by atoms with E-state index in [0.717, 1.165) is 41.7 Å². The second-order valence-corrected chi connectivity index (χ2v) is 8.56. The number of rotatable bonds is 7. The maximum atomic E-state index is 13.0. The lowest BCUT2D eigenvalue weighted by Crippen LogP contribution is -2.42. The average molecular weight is 380 g/mol. The number of thiophene rings is 1. The number of hydrogen-bond donors (Lipinski definition) is 1. The molecule has 1 N–H and O–H groups in total. The van der Waals surface area contributed by atoms with Crippen molar-refractivity contribution in [3.8, 4) is 0 Å². The van der Waals surface area contributed by atoms with Crippen LogP contribution in [0.3, 0.4) is 0 Å². The highest BCUT2D eigenvalue weighted by Gasteiger charge is 2.29. The first kappa shape index (κ1) is 18.5. The number of hydrogen-bond acceptors (Lipinski definition) is 6. The molecule has 0 aromatic carbocycles. The Labute approximate surface area is 157 Å². The molecule has 0 fully saturated rings. The third-order valence-electron chi connectivity index (χ3n) is 4.56. The predicted molar refractivity (Wildman–Crippen MR) is 105 cm³/mol. The van der Waals surface area contributed by atoms with Gasteiger partial charge in [-0.3, -0.25) is 9.79 Å². The summed E-state index contributed by atoms with van der Waals surface area (Å²) in [5.41, 5.74) is 1.04. The fourth-order valence-electron chi connectivity index (χ4n) is 3.14. The lowest BCUT2D eigenvalue weighted by atomic mass is 10.1. The Bertz CT molecular complexity index is 680. The molecule has 5 nitrogen and oxygen atoms in total. The second-order valence-electron chi connectivity index (χ2n) is 6.35. The monoisotopic (exact) mass is 379 g/mol. The molecule has 0 aliphatic carbocycles. The molecule has 0 saturated heterocycles. The molecule has 1 aromatic rings. The lowest BCUT2D eigenvalue weighted by molar-refractivity contribution is -0.134. The van der Waals surface area contributed by atoms with Gasteiger partial charge in [-0.2, -0.15) is 0 Å². The minimum Gasteiger partial charge on any atom is -0.394 e. The molecule has 0 spiro atoms. The highest BCUT2D eigenvalue weighted by Crippen LogP contribution is 2.31. The quantitative estimate of drug-likeness (QED) is 0.790. The van der Waals surface area contributed by atoms with Crippen molar-refractivity contribution in [1.29, 1.82) is 0 Å². The highest BCUT2D eigenvalue weighted by atomic mass is 32.2. The SMILES string of the molecule is CC[C@@H](CO)N(Cc1ccc(C)s1)C(=O)CC1=CSC2=NCCCN12. The number of aliphatic hydroxyl groups excluding tert-OH is 1. The van der Waals surface area contributed by atoms with E-state index in [1.807, 2.05) is 11.8 Å². The van der Waals surface area contributed by atoms with Gasteiger partial charge in [0.25, 0.3) is 0 Å². The molecule has 2 aliphatic rings. The van der Waals surface area contributed by atoms with E-state index in [0.29, 0.717) is 13.0 Å². The van der Waals surface area contributed by atoms with Gasteiger partial charge >= 0.3 is 0 Å². The minimum atomic E-state index is -0.140. The van der Waals surface area contributed by atoms with E-state index in [2.05, 4.69) is 34.4 Å². The van der Waals surface area contributed by atoms with Crippen molar-refractivity contribution < 1.29 is 9.90 Å². The largest absolute Gasteiger partial charge is 0.394 e. The first-order valence-electron chi connectivity index (χ1n) is 8.75. The molecule has 0 saturated carbocycles. The number of aliphatic hydroxyl groups is 1. The molecule has 1 atom stereocenters. The third kappa shape index (κ3) is 4.27. The molecular formula is C18H25N3O2S2. The molecule has 3 rings (SSSR count). The fourth-order valence-corrected chi connectivity index (χ4v) is 4.98. The van der Waals surface area contributed by atoms with E-state index in [4.69, 9.17) is 0 Å². The molecule has 0 unspecified atom stereocenters. The van der Waals surface area contributed by atoms with Crippen molar-refractivity contribution in [1.82, 2.24) is 9.80 Å². The summed E-state index contributed by atoms with van der Waals surface area (Å²) in [6, 6.07) is 4.01. The summed E-state index contributed by atoms with van der Waals surface area (Å²) >= 11 is 3.32. The van der Waals surface area contributed by atoms with E-state index in [1.165, 1.54) is 4.88 Å².